The van der Waals surface area contributed by atoms with Crippen LogP contribution >= 0.6 is 0 Å². The molecule has 1 aliphatic heterocycles. The summed E-state index contributed by atoms with van der Waals surface area (Å²) in [7, 11) is 0. The second-order valence-corrected chi connectivity index (χ2v) is 4.70. The summed E-state index contributed by atoms with van der Waals surface area (Å²) in [5.74, 6) is 0. The zero-order valence-electron chi connectivity index (χ0n) is 10.7. The lowest BCUT2D eigenvalue weighted by Crippen LogP contribution is -2.46. The second kappa shape index (κ2) is 7.22. The quantitative estimate of drug-likeness (QED) is 0.737. The number of nitrogens with zero attached hydrogens (tertiary/aromatic N) is 1. The van der Waals surface area contributed by atoms with Gasteiger partial charge in [-0.3, -0.25) is 4.90 Å². The number of hydrogen-bond acceptors (Lipinski definition) is 4. The monoisotopic (exact) mass is 231 g/mol. The van der Waals surface area contributed by atoms with E-state index in [-0.39, 0.29) is 6.10 Å². The molecule has 4 heteroatoms. The largest absolute Gasteiger partial charge is 0.389 e. The van der Waals surface area contributed by atoms with Crippen LogP contribution in [0.5, 0.6) is 0 Å². The number of ether oxygens (including phenoxy) is 2. The summed E-state index contributed by atoms with van der Waals surface area (Å²) in [4.78, 5) is 2.26. The highest BCUT2D eigenvalue weighted by Crippen LogP contribution is 2.08. The highest BCUT2D eigenvalue weighted by molar-refractivity contribution is 4.73. The van der Waals surface area contributed by atoms with Gasteiger partial charge in [-0.05, 0) is 20.3 Å². The van der Waals surface area contributed by atoms with E-state index in [1.165, 1.54) is 0 Å². The summed E-state index contributed by atoms with van der Waals surface area (Å²) in [5.41, 5.74) is 0. The molecule has 2 unspecified atom stereocenters. The number of β-amino-alcohol motifs (C(OH)–C–C–N with tert-alkyl or cyclic N) is 1. The lowest BCUT2D eigenvalue weighted by Gasteiger charge is -2.33. The molecular weight excluding hydrogens is 206 g/mol. The number of hydrogen-bond donors (Lipinski definition) is 1. The number of morpholine rings is 1. The highest BCUT2D eigenvalue weighted by atomic mass is 16.5. The summed E-state index contributed by atoms with van der Waals surface area (Å²) in [6.07, 6.45) is 1.16. The minimum Gasteiger partial charge on any atom is -0.389 e. The molecule has 0 aromatic heterocycles. The molecule has 16 heavy (non-hydrogen) atoms. The van der Waals surface area contributed by atoms with Gasteiger partial charge in [0, 0.05) is 19.6 Å². The van der Waals surface area contributed by atoms with Gasteiger partial charge in [0.15, 0.2) is 0 Å². The van der Waals surface area contributed by atoms with E-state index >= 15 is 0 Å². The molecule has 0 bridgehead atoms. The molecule has 2 atom stereocenters. The summed E-state index contributed by atoms with van der Waals surface area (Å²) < 4.78 is 11.0. The Morgan fingerprint density at radius 3 is 2.88 bits per heavy atom. The van der Waals surface area contributed by atoms with Crippen molar-refractivity contribution >= 4 is 0 Å². The number of rotatable bonds is 6. The Balaban J connectivity index is 2.19. The van der Waals surface area contributed by atoms with Crippen LogP contribution in [0.4, 0.5) is 0 Å². The molecule has 0 aliphatic carbocycles. The summed E-state index contributed by atoms with van der Waals surface area (Å²) in [6, 6.07) is 0. The molecule has 1 rings (SSSR count). The van der Waals surface area contributed by atoms with Gasteiger partial charge < -0.3 is 14.6 Å². The first-order valence-corrected chi connectivity index (χ1v) is 6.25. The summed E-state index contributed by atoms with van der Waals surface area (Å²) in [5, 5.41) is 9.80. The molecular formula is C12H25NO3. The maximum absolute atomic E-state index is 9.80. The fraction of sp³-hybridized carbons (Fsp3) is 1.00. The average molecular weight is 231 g/mol. The average Bonchev–Trinajstić information content (AvgIpc) is 2.26. The third-order valence-electron chi connectivity index (χ3n) is 2.77. The van der Waals surface area contributed by atoms with Gasteiger partial charge in [0.2, 0.25) is 0 Å². The zero-order valence-corrected chi connectivity index (χ0v) is 10.7. The van der Waals surface area contributed by atoms with Gasteiger partial charge in [0.05, 0.1) is 31.5 Å². The van der Waals surface area contributed by atoms with Gasteiger partial charge in [0.25, 0.3) is 0 Å². The molecule has 0 amide bonds. The van der Waals surface area contributed by atoms with E-state index in [1.54, 1.807) is 0 Å². The minimum absolute atomic E-state index is 0.183. The Morgan fingerprint density at radius 2 is 2.25 bits per heavy atom. The van der Waals surface area contributed by atoms with Crippen LogP contribution in [0.2, 0.25) is 0 Å². The Kier molecular flexibility index (Phi) is 6.28. The summed E-state index contributed by atoms with van der Waals surface area (Å²) >= 11 is 0. The van der Waals surface area contributed by atoms with E-state index < -0.39 is 6.10 Å². The van der Waals surface area contributed by atoms with Crippen LogP contribution in [0.3, 0.4) is 0 Å². The SMILES string of the molecule is CCC1CN(CC(O)COC(C)C)CCO1. The lowest BCUT2D eigenvalue weighted by molar-refractivity contribution is -0.0568. The third kappa shape index (κ3) is 5.25. The fourth-order valence-electron chi connectivity index (χ4n) is 1.85. The van der Waals surface area contributed by atoms with Crippen molar-refractivity contribution in [1.82, 2.24) is 4.90 Å². The minimum atomic E-state index is -0.391. The first-order valence-electron chi connectivity index (χ1n) is 6.25. The van der Waals surface area contributed by atoms with E-state index in [2.05, 4.69) is 11.8 Å². The van der Waals surface area contributed by atoms with Crippen molar-refractivity contribution in [2.45, 2.75) is 45.5 Å². The van der Waals surface area contributed by atoms with Crippen molar-refractivity contribution in [3.8, 4) is 0 Å². The van der Waals surface area contributed by atoms with E-state index in [4.69, 9.17) is 9.47 Å². The second-order valence-electron chi connectivity index (χ2n) is 4.70. The van der Waals surface area contributed by atoms with E-state index in [0.29, 0.717) is 19.3 Å². The molecule has 1 N–H and O–H groups in total. The molecule has 1 saturated heterocycles. The lowest BCUT2D eigenvalue weighted by atomic mass is 10.2. The maximum Gasteiger partial charge on any atom is 0.0900 e. The van der Waals surface area contributed by atoms with E-state index in [9.17, 15) is 5.11 Å². The Morgan fingerprint density at radius 1 is 1.50 bits per heavy atom. The molecule has 1 heterocycles. The maximum atomic E-state index is 9.80. The van der Waals surface area contributed by atoms with Crippen molar-refractivity contribution in [2.75, 3.05) is 32.8 Å². The van der Waals surface area contributed by atoms with Gasteiger partial charge in [-0.2, -0.15) is 0 Å². The van der Waals surface area contributed by atoms with Crippen LogP contribution in [0, 0.1) is 0 Å². The smallest absolute Gasteiger partial charge is 0.0900 e. The van der Waals surface area contributed by atoms with Crippen molar-refractivity contribution in [3.05, 3.63) is 0 Å². The van der Waals surface area contributed by atoms with Crippen LogP contribution in [0.15, 0.2) is 0 Å². The zero-order chi connectivity index (χ0) is 12.0. The molecule has 1 aliphatic rings. The van der Waals surface area contributed by atoms with Gasteiger partial charge in [-0.25, -0.2) is 0 Å². The molecule has 0 aromatic carbocycles. The van der Waals surface area contributed by atoms with E-state index in [0.717, 1.165) is 26.1 Å². The summed E-state index contributed by atoms with van der Waals surface area (Å²) in [6.45, 7) is 9.81. The van der Waals surface area contributed by atoms with Gasteiger partial charge in [0.1, 0.15) is 0 Å². The first-order chi connectivity index (χ1) is 7.61. The van der Waals surface area contributed by atoms with Gasteiger partial charge in [-0.1, -0.05) is 6.92 Å². The van der Waals surface area contributed by atoms with Crippen LogP contribution in [0.1, 0.15) is 27.2 Å². The Labute approximate surface area is 98.5 Å². The fourth-order valence-corrected chi connectivity index (χ4v) is 1.85. The van der Waals surface area contributed by atoms with Crippen LogP contribution in [-0.2, 0) is 9.47 Å². The third-order valence-corrected chi connectivity index (χ3v) is 2.77. The highest BCUT2D eigenvalue weighted by Gasteiger charge is 2.21. The predicted octanol–water partition coefficient (Wildman–Crippen LogP) is 0.883. The van der Waals surface area contributed by atoms with Crippen molar-refractivity contribution < 1.29 is 14.6 Å². The number of aliphatic hydroxyl groups excluding tert-OH is 1. The van der Waals surface area contributed by atoms with Gasteiger partial charge in [-0.15, -0.1) is 0 Å². The molecule has 1 fully saturated rings. The predicted molar refractivity (Wildman–Crippen MR) is 63.6 cm³/mol. The number of aliphatic hydroxyl groups is 1. The first kappa shape index (κ1) is 13.9. The van der Waals surface area contributed by atoms with Crippen LogP contribution < -0.4 is 0 Å². The van der Waals surface area contributed by atoms with Gasteiger partial charge >= 0.3 is 0 Å². The molecule has 4 nitrogen and oxygen atoms in total. The molecule has 0 aromatic rings. The van der Waals surface area contributed by atoms with E-state index in [1.807, 2.05) is 13.8 Å². The molecule has 96 valence electrons. The molecule has 0 saturated carbocycles. The molecule has 0 spiro atoms. The van der Waals surface area contributed by atoms with Crippen molar-refractivity contribution in [1.29, 1.82) is 0 Å². The Bertz CT molecular complexity index is 187. The van der Waals surface area contributed by atoms with Crippen LogP contribution in [0.25, 0.3) is 0 Å². The normalized spacial score (nSPS) is 24.9. The van der Waals surface area contributed by atoms with Crippen molar-refractivity contribution in [3.63, 3.8) is 0 Å². The molecule has 0 radical (unpaired) electrons. The van der Waals surface area contributed by atoms with Crippen LogP contribution in [-0.4, -0.2) is 61.2 Å². The van der Waals surface area contributed by atoms with Crippen molar-refractivity contribution in [2.24, 2.45) is 0 Å². The topological polar surface area (TPSA) is 41.9 Å². The standard InChI is InChI=1S/C12H25NO3/c1-4-12-8-13(5-6-15-12)7-11(14)9-16-10(2)3/h10-12,14H,4-9H2,1-3H3. The Hall–Kier alpha value is -0.160.